The lowest BCUT2D eigenvalue weighted by Gasteiger charge is -2.39. The number of amides is 1. The molecule has 130 valence electrons. The van der Waals surface area contributed by atoms with Crippen molar-refractivity contribution in [2.24, 2.45) is 17.3 Å². The van der Waals surface area contributed by atoms with E-state index in [1.165, 1.54) is 24.1 Å². The third kappa shape index (κ3) is 4.56. The topological polar surface area (TPSA) is 33.2 Å². The molecule has 1 heterocycles. The predicted molar refractivity (Wildman–Crippen MR) is 97.7 cm³/mol. The van der Waals surface area contributed by atoms with Gasteiger partial charge in [-0.15, -0.1) is 11.3 Å². The Kier molecular flexibility index (Phi) is 5.55. The van der Waals surface area contributed by atoms with Crippen molar-refractivity contribution >= 4 is 17.2 Å². The second-order valence-electron chi connectivity index (χ2n) is 8.35. The second-order valence-corrected chi connectivity index (χ2v) is 9.58. The van der Waals surface area contributed by atoms with Gasteiger partial charge in [0.2, 0.25) is 5.91 Å². The van der Waals surface area contributed by atoms with Crippen molar-refractivity contribution in [1.82, 2.24) is 9.88 Å². The van der Waals surface area contributed by atoms with E-state index in [1.54, 1.807) is 11.3 Å². The van der Waals surface area contributed by atoms with Crippen molar-refractivity contribution in [3.8, 4) is 0 Å². The van der Waals surface area contributed by atoms with E-state index in [-0.39, 0.29) is 11.9 Å². The smallest absolute Gasteiger partial charge is 0.223 e. The standard InChI is InChI=1S/C19H32N2OS/c1-12-8-16(11-19(5,6)10-12)9-17(22)21(7)14(3)18-13(2)20-15(4)23-18/h12,14,16H,8-11H2,1-7H3. The van der Waals surface area contributed by atoms with Gasteiger partial charge < -0.3 is 4.90 Å². The summed E-state index contributed by atoms with van der Waals surface area (Å²) in [4.78, 5) is 20.4. The Morgan fingerprint density at radius 1 is 1.39 bits per heavy atom. The first-order chi connectivity index (χ1) is 10.6. The molecule has 2 rings (SSSR count). The number of thiazole rings is 1. The van der Waals surface area contributed by atoms with Crippen LogP contribution in [0.25, 0.3) is 0 Å². The normalized spacial score (nSPS) is 25.2. The molecule has 1 amide bonds. The predicted octanol–water partition coefficient (Wildman–Crippen LogP) is 5.13. The molecule has 3 atom stereocenters. The molecular weight excluding hydrogens is 304 g/mol. The third-order valence-corrected chi connectivity index (χ3v) is 6.48. The van der Waals surface area contributed by atoms with Gasteiger partial charge in [0.05, 0.1) is 16.7 Å². The Labute approximate surface area is 145 Å². The van der Waals surface area contributed by atoms with Crippen molar-refractivity contribution in [3.05, 3.63) is 15.6 Å². The summed E-state index contributed by atoms with van der Waals surface area (Å²) in [5.41, 5.74) is 1.44. The first-order valence-corrected chi connectivity index (χ1v) is 9.60. The van der Waals surface area contributed by atoms with Crippen molar-refractivity contribution in [1.29, 1.82) is 0 Å². The van der Waals surface area contributed by atoms with Crippen molar-refractivity contribution in [2.45, 2.75) is 73.3 Å². The molecule has 4 heteroatoms. The fourth-order valence-electron chi connectivity index (χ4n) is 4.42. The highest BCUT2D eigenvalue weighted by atomic mass is 32.1. The number of rotatable bonds is 4. The molecule has 0 radical (unpaired) electrons. The molecule has 0 bridgehead atoms. The van der Waals surface area contributed by atoms with Crippen LogP contribution in [0.1, 0.15) is 75.0 Å². The van der Waals surface area contributed by atoms with Crippen LogP contribution in [0.2, 0.25) is 0 Å². The first kappa shape index (κ1) is 18.4. The average molecular weight is 337 g/mol. The average Bonchev–Trinajstić information content (AvgIpc) is 2.73. The minimum Gasteiger partial charge on any atom is -0.338 e. The first-order valence-electron chi connectivity index (χ1n) is 8.78. The van der Waals surface area contributed by atoms with Gasteiger partial charge in [0.1, 0.15) is 0 Å². The van der Waals surface area contributed by atoms with Crippen LogP contribution in [-0.2, 0) is 4.79 Å². The summed E-state index contributed by atoms with van der Waals surface area (Å²) in [6.45, 7) is 13.2. The van der Waals surface area contributed by atoms with E-state index in [0.717, 1.165) is 16.6 Å². The molecule has 1 aliphatic carbocycles. The highest BCUT2D eigenvalue weighted by molar-refractivity contribution is 7.11. The fourth-order valence-corrected chi connectivity index (χ4v) is 5.44. The lowest BCUT2D eigenvalue weighted by Crippen LogP contribution is -2.34. The highest BCUT2D eigenvalue weighted by Gasteiger charge is 2.34. The summed E-state index contributed by atoms with van der Waals surface area (Å²) in [6, 6.07) is 0.114. The van der Waals surface area contributed by atoms with Crippen LogP contribution in [0.15, 0.2) is 0 Å². The maximum Gasteiger partial charge on any atom is 0.223 e. The van der Waals surface area contributed by atoms with Crippen molar-refractivity contribution in [2.75, 3.05) is 7.05 Å². The van der Waals surface area contributed by atoms with Crippen LogP contribution in [0.5, 0.6) is 0 Å². The second kappa shape index (κ2) is 6.92. The summed E-state index contributed by atoms with van der Waals surface area (Å²) in [7, 11) is 1.94. The lowest BCUT2D eigenvalue weighted by atomic mass is 9.67. The zero-order chi connectivity index (χ0) is 17.4. The molecule has 3 nitrogen and oxygen atoms in total. The van der Waals surface area contributed by atoms with Crippen LogP contribution in [0.3, 0.4) is 0 Å². The summed E-state index contributed by atoms with van der Waals surface area (Å²) < 4.78 is 0. The summed E-state index contributed by atoms with van der Waals surface area (Å²) >= 11 is 1.71. The quantitative estimate of drug-likeness (QED) is 0.763. The van der Waals surface area contributed by atoms with E-state index in [2.05, 4.69) is 32.7 Å². The number of hydrogen-bond acceptors (Lipinski definition) is 3. The summed E-state index contributed by atoms with van der Waals surface area (Å²) in [5, 5.41) is 1.08. The molecule has 0 aliphatic heterocycles. The molecule has 0 aromatic carbocycles. The number of hydrogen-bond donors (Lipinski definition) is 0. The SMILES string of the molecule is Cc1nc(C)c(C(C)N(C)C(=O)CC2CC(C)CC(C)(C)C2)s1. The summed E-state index contributed by atoms with van der Waals surface area (Å²) in [6.07, 6.45) is 4.33. The number of carbonyl (C=O) groups excluding carboxylic acids is 1. The third-order valence-electron chi connectivity index (χ3n) is 5.23. The number of aromatic nitrogens is 1. The van der Waals surface area contributed by atoms with Gasteiger partial charge in [-0.05, 0) is 57.3 Å². The summed E-state index contributed by atoms with van der Waals surface area (Å²) in [5.74, 6) is 1.53. The van der Waals surface area contributed by atoms with Gasteiger partial charge in [-0.3, -0.25) is 4.79 Å². The van der Waals surface area contributed by atoms with E-state index in [0.29, 0.717) is 17.8 Å². The van der Waals surface area contributed by atoms with Gasteiger partial charge in [-0.1, -0.05) is 20.8 Å². The molecule has 3 unspecified atom stereocenters. The monoisotopic (exact) mass is 336 g/mol. The Hall–Kier alpha value is -0.900. The highest BCUT2D eigenvalue weighted by Crippen LogP contribution is 2.43. The molecule has 1 saturated carbocycles. The van der Waals surface area contributed by atoms with Crippen molar-refractivity contribution < 1.29 is 4.79 Å². The van der Waals surface area contributed by atoms with Gasteiger partial charge in [0, 0.05) is 18.3 Å². The van der Waals surface area contributed by atoms with E-state index >= 15 is 0 Å². The maximum absolute atomic E-state index is 12.8. The van der Waals surface area contributed by atoms with Crippen LogP contribution in [0, 0.1) is 31.1 Å². The van der Waals surface area contributed by atoms with Crippen LogP contribution in [0.4, 0.5) is 0 Å². The minimum absolute atomic E-state index is 0.114. The molecule has 1 aromatic rings. The molecule has 0 N–H and O–H groups in total. The van der Waals surface area contributed by atoms with Gasteiger partial charge in [0.15, 0.2) is 0 Å². The van der Waals surface area contributed by atoms with Crippen LogP contribution >= 0.6 is 11.3 Å². The van der Waals surface area contributed by atoms with Gasteiger partial charge in [0.25, 0.3) is 0 Å². The molecule has 1 fully saturated rings. The number of nitrogens with zero attached hydrogens (tertiary/aromatic N) is 2. The maximum atomic E-state index is 12.8. The van der Waals surface area contributed by atoms with E-state index in [1.807, 2.05) is 25.8 Å². The Morgan fingerprint density at radius 2 is 2.04 bits per heavy atom. The number of aryl methyl sites for hydroxylation is 2. The van der Waals surface area contributed by atoms with Crippen LogP contribution < -0.4 is 0 Å². The lowest BCUT2D eigenvalue weighted by molar-refractivity contribution is -0.133. The van der Waals surface area contributed by atoms with E-state index < -0.39 is 0 Å². The Balaban J connectivity index is 2.01. The number of carbonyl (C=O) groups is 1. The Morgan fingerprint density at radius 3 is 2.57 bits per heavy atom. The van der Waals surface area contributed by atoms with Crippen LogP contribution in [-0.4, -0.2) is 22.8 Å². The molecule has 0 saturated heterocycles. The zero-order valence-electron chi connectivity index (χ0n) is 15.8. The fraction of sp³-hybridized carbons (Fsp3) is 0.789. The molecular formula is C19H32N2OS. The van der Waals surface area contributed by atoms with Gasteiger partial charge in [-0.2, -0.15) is 0 Å². The van der Waals surface area contributed by atoms with Gasteiger partial charge >= 0.3 is 0 Å². The van der Waals surface area contributed by atoms with E-state index in [4.69, 9.17) is 0 Å². The molecule has 23 heavy (non-hydrogen) atoms. The van der Waals surface area contributed by atoms with Gasteiger partial charge in [-0.25, -0.2) is 4.98 Å². The van der Waals surface area contributed by atoms with E-state index in [9.17, 15) is 4.79 Å². The largest absolute Gasteiger partial charge is 0.338 e. The minimum atomic E-state index is 0.114. The molecule has 1 aliphatic rings. The van der Waals surface area contributed by atoms with Crippen molar-refractivity contribution in [3.63, 3.8) is 0 Å². The molecule has 0 spiro atoms. The molecule has 1 aromatic heterocycles. The Bertz CT molecular complexity index is 564. The zero-order valence-corrected chi connectivity index (χ0v) is 16.6.